The van der Waals surface area contributed by atoms with E-state index < -0.39 is 11.9 Å². The van der Waals surface area contributed by atoms with Gasteiger partial charge < -0.3 is 9.84 Å². The zero-order valence-electron chi connectivity index (χ0n) is 10.9. The molecule has 0 saturated carbocycles. The molecule has 0 aliphatic carbocycles. The first kappa shape index (κ1) is 14.2. The van der Waals surface area contributed by atoms with Gasteiger partial charge in [0.2, 0.25) is 0 Å². The number of aryl methyl sites for hydroxylation is 3. The highest BCUT2D eigenvalue weighted by atomic mass is 16.5. The summed E-state index contributed by atoms with van der Waals surface area (Å²) < 4.78 is 5.08. The molecule has 0 aliphatic heterocycles. The lowest BCUT2D eigenvalue weighted by Crippen LogP contribution is -2.09. The number of esters is 1. The maximum Gasteiger partial charge on any atom is 0.306 e. The first-order valence-electron chi connectivity index (χ1n) is 5.84. The van der Waals surface area contributed by atoms with Crippen molar-refractivity contribution in [3.8, 4) is 0 Å². The molecule has 1 aromatic rings. The van der Waals surface area contributed by atoms with Crippen molar-refractivity contribution >= 4 is 11.9 Å². The number of carbonyl (C=O) groups is 2. The van der Waals surface area contributed by atoms with Crippen molar-refractivity contribution in [3.63, 3.8) is 0 Å². The minimum absolute atomic E-state index is 0.0840. The van der Waals surface area contributed by atoms with Crippen molar-refractivity contribution < 1.29 is 19.4 Å². The third-order valence-electron chi connectivity index (χ3n) is 2.76. The summed E-state index contributed by atoms with van der Waals surface area (Å²) in [5, 5.41) is 8.46. The topological polar surface area (TPSA) is 63.6 Å². The lowest BCUT2D eigenvalue weighted by Gasteiger charge is -2.11. The lowest BCUT2D eigenvalue weighted by atomic mass is 10.0. The highest BCUT2D eigenvalue weighted by molar-refractivity contribution is 5.76. The largest absolute Gasteiger partial charge is 0.481 e. The van der Waals surface area contributed by atoms with Gasteiger partial charge in [-0.3, -0.25) is 9.59 Å². The quantitative estimate of drug-likeness (QED) is 0.815. The van der Waals surface area contributed by atoms with Gasteiger partial charge in [0.05, 0.1) is 12.8 Å². The molecule has 0 aliphatic rings. The van der Waals surface area contributed by atoms with Crippen LogP contribution in [0.4, 0.5) is 0 Å². The summed E-state index contributed by atoms with van der Waals surface area (Å²) in [4.78, 5) is 21.6. The zero-order chi connectivity index (χ0) is 13.7. The van der Waals surface area contributed by atoms with E-state index in [9.17, 15) is 9.59 Å². The van der Waals surface area contributed by atoms with Crippen LogP contribution in [0.2, 0.25) is 0 Å². The van der Waals surface area contributed by atoms with Gasteiger partial charge in [0.25, 0.3) is 0 Å². The second kappa shape index (κ2) is 6.19. The van der Waals surface area contributed by atoms with Crippen molar-refractivity contribution in [2.24, 2.45) is 0 Å². The van der Waals surface area contributed by atoms with Crippen molar-refractivity contribution in [2.75, 3.05) is 0 Å². The standard InChI is InChI=1S/C14H18O4/c1-9-6-10(2)12(11(3)7-9)8-18-14(17)5-4-13(15)16/h6-7H,4-5,8H2,1-3H3,(H,15,16). The Kier molecular flexibility index (Phi) is 4.89. The normalized spacial score (nSPS) is 10.2. The van der Waals surface area contributed by atoms with Gasteiger partial charge in [-0.15, -0.1) is 0 Å². The Balaban J connectivity index is 2.58. The summed E-state index contributed by atoms with van der Waals surface area (Å²) in [5.74, 6) is -1.47. The van der Waals surface area contributed by atoms with Crippen LogP contribution < -0.4 is 0 Å². The van der Waals surface area contributed by atoms with Crippen molar-refractivity contribution in [2.45, 2.75) is 40.2 Å². The van der Waals surface area contributed by atoms with Crippen LogP contribution in [-0.2, 0) is 20.9 Å². The molecule has 0 atom stereocenters. The third kappa shape index (κ3) is 4.20. The van der Waals surface area contributed by atoms with E-state index in [4.69, 9.17) is 9.84 Å². The van der Waals surface area contributed by atoms with Crippen LogP contribution >= 0.6 is 0 Å². The van der Waals surface area contributed by atoms with E-state index >= 15 is 0 Å². The summed E-state index contributed by atoms with van der Waals surface area (Å²) in [7, 11) is 0. The molecule has 0 amide bonds. The van der Waals surface area contributed by atoms with Crippen LogP contribution in [0.3, 0.4) is 0 Å². The SMILES string of the molecule is Cc1cc(C)c(COC(=O)CCC(=O)O)c(C)c1. The van der Waals surface area contributed by atoms with Crippen LogP contribution in [0.5, 0.6) is 0 Å². The fourth-order valence-corrected chi connectivity index (χ4v) is 1.87. The molecule has 0 aromatic heterocycles. The van der Waals surface area contributed by atoms with Crippen LogP contribution in [0, 0.1) is 20.8 Å². The molecular weight excluding hydrogens is 232 g/mol. The van der Waals surface area contributed by atoms with Crippen LogP contribution in [0.25, 0.3) is 0 Å². The maximum absolute atomic E-state index is 11.3. The molecule has 1 rings (SSSR count). The van der Waals surface area contributed by atoms with Crippen molar-refractivity contribution in [1.82, 2.24) is 0 Å². The molecule has 0 fully saturated rings. The average Bonchev–Trinajstić information content (AvgIpc) is 2.24. The van der Waals surface area contributed by atoms with E-state index in [1.165, 1.54) is 5.56 Å². The second-order valence-electron chi connectivity index (χ2n) is 4.43. The van der Waals surface area contributed by atoms with E-state index in [1.807, 2.05) is 32.9 Å². The monoisotopic (exact) mass is 250 g/mol. The molecule has 1 aromatic carbocycles. The Morgan fingerprint density at radius 3 is 2.17 bits per heavy atom. The number of benzene rings is 1. The molecule has 4 nitrogen and oxygen atoms in total. The number of aliphatic carboxylic acids is 1. The van der Waals surface area contributed by atoms with Gasteiger partial charge in [-0.25, -0.2) is 0 Å². The molecule has 18 heavy (non-hydrogen) atoms. The van der Waals surface area contributed by atoms with Crippen LogP contribution in [-0.4, -0.2) is 17.0 Å². The minimum atomic E-state index is -0.991. The van der Waals surface area contributed by atoms with Gasteiger partial charge in [-0.05, 0) is 37.5 Å². The summed E-state index contributed by atoms with van der Waals surface area (Å²) in [6, 6.07) is 4.07. The van der Waals surface area contributed by atoms with Gasteiger partial charge in [-0.1, -0.05) is 17.7 Å². The first-order chi connectivity index (χ1) is 8.40. The predicted octanol–water partition coefficient (Wildman–Crippen LogP) is 2.52. The first-order valence-corrected chi connectivity index (χ1v) is 5.84. The van der Waals surface area contributed by atoms with E-state index in [0.29, 0.717) is 0 Å². The summed E-state index contributed by atoms with van der Waals surface area (Å²) in [6.07, 6.45) is -0.274. The Hall–Kier alpha value is -1.84. The minimum Gasteiger partial charge on any atom is -0.481 e. The van der Waals surface area contributed by atoms with Gasteiger partial charge >= 0.3 is 11.9 Å². The molecule has 1 N–H and O–H groups in total. The number of hydrogen-bond donors (Lipinski definition) is 1. The van der Waals surface area contributed by atoms with Gasteiger partial charge in [0.1, 0.15) is 6.61 Å². The van der Waals surface area contributed by atoms with Crippen LogP contribution in [0.15, 0.2) is 12.1 Å². The van der Waals surface area contributed by atoms with E-state index in [0.717, 1.165) is 16.7 Å². The van der Waals surface area contributed by atoms with Crippen LogP contribution in [0.1, 0.15) is 35.1 Å². The number of rotatable bonds is 5. The van der Waals surface area contributed by atoms with Gasteiger partial charge in [0.15, 0.2) is 0 Å². The predicted molar refractivity (Wildman–Crippen MR) is 67.3 cm³/mol. The third-order valence-corrected chi connectivity index (χ3v) is 2.76. The highest BCUT2D eigenvalue weighted by Crippen LogP contribution is 2.17. The number of carbonyl (C=O) groups excluding carboxylic acids is 1. The maximum atomic E-state index is 11.3. The van der Waals surface area contributed by atoms with E-state index in [-0.39, 0.29) is 19.4 Å². The second-order valence-corrected chi connectivity index (χ2v) is 4.43. The molecule has 98 valence electrons. The zero-order valence-corrected chi connectivity index (χ0v) is 10.9. The summed E-state index contributed by atoms with van der Waals surface area (Å²) in [5.41, 5.74) is 4.33. The molecule has 0 heterocycles. The molecule has 0 radical (unpaired) electrons. The van der Waals surface area contributed by atoms with Gasteiger partial charge in [0, 0.05) is 0 Å². The number of hydrogen-bond acceptors (Lipinski definition) is 3. The van der Waals surface area contributed by atoms with Gasteiger partial charge in [-0.2, -0.15) is 0 Å². The fraction of sp³-hybridized carbons (Fsp3) is 0.429. The van der Waals surface area contributed by atoms with E-state index in [1.54, 1.807) is 0 Å². The molecule has 4 heteroatoms. The number of carboxylic acids is 1. The smallest absolute Gasteiger partial charge is 0.306 e. The van der Waals surface area contributed by atoms with E-state index in [2.05, 4.69) is 0 Å². The Morgan fingerprint density at radius 2 is 1.67 bits per heavy atom. The number of ether oxygens (including phenoxy) is 1. The highest BCUT2D eigenvalue weighted by Gasteiger charge is 2.09. The molecule has 0 saturated heterocycles. The fourth-order valence-electron chi connectivity index (χ4n) is 1.87. The number of carboxylic acid groups (broad SMARTS) is 1. The van der Waals surface area contributed by atoms with Crippen molar-refractivity contribution in [3.05, 3.63) is 34.4 Å². The summed E-state index contributed by atoms with van der Waals surface area (Å²) in [6.45, 7) is 6.17. The average molecular weight is 250 g/mol. The summed E-state index contributed by atoms with van der Waals surface area (Å²) >= 11 is 0. The lowest BCUT2D eigenvalue weighted by molar-refractivity contribution is -0.148. The molecule has 0 bridgehead atoms. The molecule has 0 unspecified atom stereocenters. The Morgan fingerprint density at radius 1 is 1.11 bits per heavy atom. The molecule has 0 spiro atoms. The Bertz CT molecular complexity index is 440. The Labute approximate surface area is 107 Å². The molecular formula is C14H18O4. The van der Waals surface area contributed by atoms with Crippen molar-refractivity contribution in [1.29, 1.82) is 0 Å².